The SMILES string of the molecule is CNC(=O)COc1cc2cc(Nc3nc(N4CCC(CN5CCC6(CC5)CN(c5cccc7c5CN(C5CCC(=O)NC5=O)C7=O)C6)CC4)ncc3Cl)ccc2n(C(C)C)c1=O. The number of anilines is 4. The number of carbonyl (C=O) groups excluding carboxylic acids is 4. The van der Waals surface area contributed by atoms with E-state index in [9.17, 15) is 24.0 Å². The molecule has 7 heterocycles. The third-order valence-electron chi connectivity index (χ3n) is 13.4. The van der Waals surface area contributed by atoms with Crippen LogP contribution in [0.4, 0.5) is 23.1 Å². The zero-order chi connectivity index (χ0) is 43.3. The second-order valence-corrected chi connectivity index (χ2v) is 18.2. The van der Waals surface area contributed by atoms with Gasteiger partial charge in [0.2, 0.25) is 17.8 Å². The van der Waals surface area contributed by atoms with Gasteiger partial charge < -0.3 is 39.5 Å². The van der Waals surface area contributed by atoms with Crippen LogP contribution < -0.4 is 36.0 Å². The van der Waals surface area contributed by atoms with E-state index in [0.29, 0.717) is 41.2 Å². The number of hydrogen-bond acceptors (Lipinski definition) is 12. The van der Waals surface area contributed by atoms with Gasteiger partial charge in [-0.2, -0.15) is 4.98 Å². The molecule has 17 heteroatoms. The number of likely N-dealkylation sites (N-methyl/N-ethyl adjacent to an activating group) is 1. The van der Waals surface area contributed by atoms with Crippen molar-refractivity contribution < 1.29 is 23.9 Å². The predicted molar refractivity (Wildman–Crippen MR) is 236 cm³/mol. The molecule has 5 aliphatic heterocycles. The highest BCUT2D eigenvalue weighted by Gasteiger charge is 2.47. The van der Waals surface area contributed by atoms with Gasteiger partial charge >= 0.3 is 0 Å². The Bertz CT molecular complexity index is 2490. The second kappa shape index (κ2) is 16.9. The Morgan fingerprint density at radius 1 is 1.00 bits per heavy atom. The molecule has 3 N–H and O–H groups in total. The Morgan fingerprint density at radius 3 is 2.50 bits per heavy atom. The summed E-state index contributed by atoms with van der Waals surface area (Å²) in [4.78, 5) is 81.2. The Kier molecular flexibility index (Phi) is 11.3. The molecule has 16 nitrogen and oxygen atoms in total. The molecule has 5 aliphatic rings. The summed E-state index contributed by atoms with van der Waals surface area (Å²) in [6.45, 7) is 10.9. The first kappa shape index (κ1) is 41.6. The highest BCUT2D eigenvalue weighted by molar-refractivity contribution is 6.33. The van der Waals surface area contributed by atoms with Crippen LogP contribution in [0.25, 0.3) is 10.9 Å². The van der Waals surface area contributed by atoms with E-state index in [1.54, 1.807) is 21.7 Å². The first-order chi connectivity index (χ1) is 29.9. The van der Waals surface area contributed by atoms with E-state index in [4.69, 9.17) is 21.3 Å². The molecule has 4 fully saturated rings. The van der Waals surface area contributed by atoms with Crippen LogP contribution in [0, 0.1) is 11.3 Å². The van der Waals surface area contributed by atoms with Gasteiger partial charge in [-0.05, 0) is 101 Å². The van der Waals surface area contributed by atoms with E-state index in [1.165, 1.54) is 7.05 Å². The standard InChI is InChI=1S/C45H53ClN10O6/c1-27(2)56-34-8-7-30(19-29(34)20-37(43(56)61)62-24-39(58)47-3)49-40-33(46)21-48-44(51-40)53-15-11-28(12-16-53)22-52-17-13-45(14-18-52)25-54(26-45)35-6-4-5-31-32(35)23-55(42(31)60)36-9-10-38(57)50-41(36)59/h4-8,19-21,27-28,36H,9-18,22-26H2,1-3H3,(H,47,58)(H,48,49,51)(H,50,57,59). The maximum Gasteiger partial charge on any atom is 0.293 e. The van der Waals surface area contributed by atoms with E-state index >= 15 is 0 Å². The number of imide groups is 1. The van der Waals surface area contributed by atoms with E-state index in [-0.39, 0.29) is 59.4 Å². The molecule has 2 aromatic carbocycles. The fourth-order valence-electron chi connectivity index (χ4n) is 9.97. The van der Waals surface area contributed by atoms with E-state index in [1.807, 2.05) is 44.2 Å². The van der Waals surface area contributed by atoms with Crippen molar-refractivity contribution in [3.05, 3.63) is 75.2 Å². The van der Waals surface area contributed by atoms with Gasteiger partial charge in [-0.15, -0.1) is 0 Å². The summed E-state index contributed by atoms with van der Waals surface area (Å²) < 4.78 is 7.28. The summed E-state index contributed by atoms with van der Waals surface area (Å²) in [6.07, 6.45) is 6.63. The predicted octanol–water partition coefficient (Wildman–Crippen LogP) is 4.47. The second-order valence-electron chi connectivity index (χ2n) is 17.8. The van der Waals surface area contributed by atoms with Crippen molar-refractivity contribution >= 4 is 69.3 Å². The molecule has 2 aromatic heterocycles. The van der Waals surface area contributed by atoms with Gasteiger partial charge in [0.15, 0.2) is 18.2 Å². The number of fused-ring (bicyclic) bond motifs is 2. The van der Waals surface area contributed by atoms with Gasteiger partial charge in [0.05, 0.1) is 11.7 Å². The zero-order valence-electron chi connectivity index (χ0n) is 35.4. The number of amides is 4. The van der Waals surface area contributed by atoms with Crippen molar-refractivity contribution in [1.82, 2.24) is 35.0 Å². The van der Waals surface area contributed by atoms with E-state index < -0.39 is 6.04 Å². The summed E-state index contributed by atoms with van der Waals surface area (Å²) in [5.41, 5.74) is 4.19. The maximum absolute atomic E-state index is 13.4. The Labute approximate surface area is 364 Å². The lowest BCUT2D eigenvalue weighted by molar-refractivity contribution is -0.137. The minimum Gasteiger partial charge on any atom is -0.478 e. The van der Waals surface area contributed by atoms with Crippen LogP contribution in [-0.4, -0.2) is 113 Å². The summed E-state index contributed by atoms with van der Waals surface area (Å²) in [7, 11) is 1.52. The van der Waals surface area contributed by atoms with Crippen LogP contribution in [0.1, 0.15) is 74.3 Å². The molecule has 4 saturated heterocycles. The van der Waals surface area contributed by atoms with Gasteiger partial charge in [0.25, 0.3) is 17.4 Å². The number of rotatable bonds is 11. The number of aromatic nitrogens is 3. The van der Waals surface area contributed by atoms with Gasteiger partial charge in [0.1, 0.15) is 11.1 Å². The van der Waals surface area contributed by atoms with Gasteiger partial charge in [-0.3, -0.25) is 29.3 Å². The fraction of sp³-hybridized carbons (Fsp3) is 0.489. The number of pyridine rings is 1. The molecule has 326 valence electrons. The summed E-state index contributed by atoms with van der Waals surface area (Å²) in [5.74, 6) is 0.685. The highest BCUT2D eigenvalue weighted by atomic mass is 35.5. The number of likely N-dealkylation sites (tertiary alicyclic amines) is 1. The van der Waals surface area contributed by atoms with Crippen LogP contribution in [0.15, 0.2) is 53.5 Å². The molecule has 1 atom stereocenters. The lowest BCUT2D eigenvalue weighted by Crippen LogP contribution is -2.61. The number of halogens is 1. The molecule has 0 radical (unpaired) electrons. The summed E-state index contributed by atoms with van der Waals surface area (Å²) in [6, 6.07) is 12.5. The third kappa shape index (κ3) is 8.05. The maximum atomic E-state index is 13.4. The quantitative estimate of drug-likeness (QED) is 0.181. The largest absolute Gasteiger partial charge is 0.478 e. The minimum atomic E-state index is -0.612. The lowest BCUT2D eigenvalue weighted by atomic mass is 9.71. The molecule has 4 amide bonds. The number of nitrogens with zero attached hydrogens (tertiary/aromatic N) is 7. The molecule has 0 bridgehead atoms. The molecule has 9 rings (SSSR count). The first-order valence-electron chi connectivity index (χ1n) is 21.7. The Morgan fingerprint density at radius 2 is 1.77 bits per heavy atom. The molecule has 0 saturated carbocycles. The highest BCUT2D eigenvalue weighted by Crippen LogP contribution is 2.45. The normalized spacial score (nSPS) is 20.4. The van der Waals surface area contributed by atoms with Crippen molar-refractivity contribution in [2.24, 2.45) is 11.3 Å². The van der Waals surface area contributed by atoms with Crippen molar-refractivity contribution in [3.8, 4) is 5.75 Å². The van der Waals surface area contributed by atoms with Crippen molar-refractivity contribution in [2.75, 3.05) is 74.6 Å². The topological polar surface area (TPSA) is 174 Å². The molecular formula is C45H53ClN10O6. The Balaban J connectivity index is 0.771. The number of piperidine rings is 3. The number of carbonyl (C=O) groups is 4. The first-order valence-corrected chi connectivity index (χ1v) is 22.1. The number of ether oxygens (including phenoxy) is 1. The van der Waals surface area contributed by atoms with Crippen LogP contribution in [0.5, 0.6) is 5.75 Å². The van der Waals surface area contributed by atoms with Gasteiger partial charge in [-0.25, -0.2) is 4.98 Å². The number of benzene rings is 2. The monoisotopic (exact) mass is 864 g/mol. The van der Waals surface area contributed by atoms with Gasteiger partial charge in [0, 0.05) is 92.1 Å². The molecule has 1 unspecified atom stereocenters. The third-order valence-corrected chi connectivity index (χ3v) is 13.7. The van der Waals surface area contributed by atoms with Crippen LogP contribution in [-0.2, 0) is 20.9 Å². The molecule has 4 aromatic rings. The molecular weight excluding hydrogens is 812 g/mol. The molecule has 62 heavy (non-hydrogen) atoms. The summed E-state index contributed by atoms with van der Waals surface area (Å²) >= 11 is 6.62. The van der Waals surface area contributed by atoms with Crippen LogP contribution in [0.3, 0.4) is 0 Å². The molecule has 0 aliphatic carbocycles. The average molecular weight is 865 g/mol. The number of hydrogen-bond donors (Lipinski definition) is 3. The average Bonchev–Trinajstić information content (AvgIpc) is 3.59. The van der Waals surface area contributed by atoms with Crippen molar-refractivity contribution in [3.63, 3.8) is 0 Å². The van der Waals surface area contributed by atoms with Crippen LogP contribution in [0.2, 0.25) is 5.02 Å². The smallest absolute Gasteiger partial charge is 0.293 e. The number of nitrogens with one attached hydrogen (secondary N) is 3. The molecule has 1 spiro atoms. The lowest BCUT2D eigenvalue weighted by Gasteiger charge is -2.55. The van der Waals surface area contributed by atoms with Gasteiger partial charge in [-0.1, -0.05) is 17.7 Å². The van der Waals surface area contributed by atoms with Crippen LogP contribution >= 0.6 is 11.6 Å². The summed E-state index contributed by atoms with van der Waals surface area (Å²) in [5, 5.41) is 9.42. The zero-order valence-corrected chi connectivity index (χ0v) is 36.2. The van der Waals surface area contributed by atoms with E-state index in [2.05, 4.69) is 41.7 Å². The van der Waals surface area contributed by atoms with E-state index in [0.717, 1.165) is 99.3 Å². The Hall–Kier alpha value is -5.74. The van der Waals surface area contributed by atoms with Crippen molar-refractivity contribution in [1.29, 1.82) is 0 Å². The fourth-order valence-corrected chi connectivity index (χ4v) is 10.1. The van der Waals surface area contributed by atoms with Crippen molar-refractivity contribution in [2.45, 2.75) is 71.0 Å². The minimum absolute atomic E-state index is 0.0995.